The second kappa shape index (κ2) is 11.8. The molecule has 0 unspecified atom stereocenters. The summed E-state index contributed by atoms with van der Waals surface area (Å²) in [6.45, 7) is 6.40. The summed E-state index contributed by atoms with van der Waals surface area (Å²) in [5.74, 6) is 0. The van der Waals surface area contributed by atoms with Crippen LogP contribution in [0.2, 0.25) is 0 Å². The van der Waals surface area contributed by atoms with Crippen LogP contribution >= 0.6 is 0 Å². The van der Waals surface area contributed by atoms with Gasteiger partial charge in [-0.2, -0.15) is 27.4 Å². The van der Waals surface area contributed by atoms with E-state index in [1.807, 2.05) is 0 Å². The van der Waals surface area contributed by atoms with Gasteiger partial charge in [-0.15, -0.1) is 0 Å². The molecule has 3 aliphatic rings. The predicted molar refractivity (Wildman–Crippen MR) is 157 cm³/mol. The Balaban J connectivity index is 0.000000103. The summed E-state index contributed by atoms with van der Waals surface area (Å²) in [5.41, 5.74) is 7.83. The Hall–Kier alpha value is -5.10. The van der Waals surface area contributed by atoms with E-state index < -0.39 is 0 Å². The lowest BCUT2D eigenvalue weighted by Gasteiger charge is -2.08. The summed E-state index contributed by atoms with van der Waals surface area (Å²) in [6, 6.07) is 38.1. The largest absolute Gasteiger partial charge is 0.277 e. The summed E-state index contributed by atoms with van der Waals surface area (Å²) < 4.78 is 13.8. The number of aryl methyl sites for hydroxylation is 6. The fourth-order valence-electron chi connectivity index (χ4n) is 6.07. The van der Waals surface area contributed by atoms with Gasteiger partial charge in [-0.3, -0.25) is 0 Å². The number of pyridine rings is 6. The topological polar surface area (TPSA) is 23.3 Å². The molecule has 6 aromatic heterocycles. The molecule has 9 heterocycles. The van der Waals surface area contributed by atoms with Crippen molar-refractivity contribution in [1.82, 2.24) is 0 Å². The van der Waals surface area contributed by atoms with Gasteiger partial charge in [0.05, 0.1) is 0 Å². The lowest BCUT2D eigenvalue weighted by Crippen LogP contribution is -2.52. The average molecular weight is 553 g/mol. The van der Waals surface area contributed by atoms with E-state index in [-0.39, 0.29) is 0 Å². The van der Waals surface area contributed by atoms with Gasteiger partial charge in [0.1, 0.15) is 0 Å². The Kier molecular flexibility index (Phi) is 7.25. The maximum Gasteiger partial charge on any atom is 0.277 e. The third-order valence-electron chi connectivity index (χ3n) is 8.18. The van der Waals surface area contributed by atoms with Crippen LogP contribution in [0.3, 0.4) is 0 Å². The van der Waals surface area contributed by atoms with E-state index in [2.05, 4.69) is 174 Å². The number of nitrogens with zero attached hydrogens (tertiary/aromatic N) is 6. The lowest BCUT2D eigenvalue weighted by molar-refractivity contribution is -0.794. The molecule has 3 aliphatic heterocycles. The van der Waals surface area contributed by atoms with Gasteiger partial charge in [-0.05, 0) is 36.4 Å². The van der Waals surface area contributed by atoms with E-state index in [1.54, 1.807) is 0 Å². The molecule has 204 valence electrons. The van der Waals surface area contributed by atoms with Gasteiger partial charge in [0.15, 0.2) is 37.2 Å². The highest BCUT2D eigenvalue weighted by Crippen LogP contribution is 2.14. The van der Waals surface area contributed by atoms with Gasteiger partial charge in [0.2, 0.25) is 39.3 Å². The molecule has 0 saturated carbocycles. The van der Waals surface area contributed by atoms with Crippen LogP contribution in [0.15, 0.2) is 146 Å². The van der Waals surface area contributed by atoms with Crippen molar-refractivity contribution in [3.8, 4) is 34.2 Å². The molecular weight excluding hydrogens is 516 g/mol. The summed E-state index contributed by atoms with van der Waals surface area (Å²) in [7, 11) is 0. The average Bonchev–Trinajstić information content (AvgIpc) is 3.09. The molecule has 0 radical (unpaired) electrons. The predicted octanol–water partition coefficient (Wildman–Crippen LogP) is 2.83. The Bertz CT molecular complexity index is 1510. The quantitative estimate of drug-likeness (QED) is 0.259. The fraction of sp³-hybridized carbons (Fsp3) is 0.167. The second-order valence-corrected chi connectivity index (χ2v) is 10.7. The van der Waals surface area contributed by atoms with Gasteiger partial charge < -0.3 is 0 Å². The van der Waals surface area contributed by atoms with E-state index in [0.717, 1.165) is 39.3 Å². The molecule has 42 heavy (non-hydrogen) atoms. The molecule has 0 fully saturated rings. The first kappa shape index (κ1) is 25.8. The third-order valence-corrected chi connectivity index (χ3v) is 8.18. The summed E-state index contributed by atoms with van der Waals surface area (Å²) in [6.07, 6.45) is 12.9. The van der Waals surface area contributed by atoms with Crippen molar-refractivity contribution in [3.63, 3.8) is 0 Å². The molecule has 6 nitrogen and oxygen atoms in total. The first-order valence-electron chi connectivity index (χ1n) is 14.8. The van der Waals surface area contributed by atoms with Gasteiger partial charge in [-0.25, -0.2) is 0 Å². The van der Waals surface area contributed by atoms with Crippen LogP contribution in [0.25, 0.3) is 34.2 Å². The highest BCUT2D eigenvalue weighted by molar-refractivity contribution is 5.47. The molecule has 6 aromatic rings. The first-order valence-corrected chi connectivity index (χ1v) is 14.8. The summed E-state index contributed by atoms with van der Waals surface area (Å²) in [5, 5.41) is 0. The van der Waals surface area contributed by atoms with Crippen molar-refractivity contribution < 1.29 is 27.4 Å². The molecular formula is C36H36N6+6. The van der Waals surface area contributed by atoms with E-state index in [4.69, 9.17) is 0 Å². The monoisotopic (exact) mass is 552 g/mol. The van der Waals surface area contributed by atoms with Crippen molar-refractivity contribution in [3.05, 3.63) is 146 Å². The van der Waals surface area contributed by atoms with Crippen LogP contribution in [0.4, 0.5) is 0 Å². The lowest BCUT2D eigenvalue weighted by atomic mass is 10.2. The molecule has 0 saturated heterocycles. The zero-order valence-electron chi connectivity index (χ0n) is 23.8. The molecule has 0 bridgehead atoms. The van der Waals surface area contributed by atoms with E-state index in [0.29, 0.717) is 0 Å². The molecule has 0 aliphatic carbocycles. The van der Waals surface area contributed by atoms with Gasteiger partial charge in [0, 0.05) is 72.8 Å². The van der Waals surface area contributed by atoms with Crippen molar-refractivity contribution in [2.24, 2.45) is 0 Å². The Morgan fingerprint density at radius 3 is 0.571 bits per heavy atom. The second-order valence-electron chi connectivity index (χ2n) is 10.7. The standard InChI is InChI=1S/3C12H12N2/c3*1-3-7-13-9-10-14-8-4-2-6-12(14)11(13)5-1/h3*1-8H,9-10H2/q3*+2. The van der Waals surface area contributed by atoms with Gasteiger partial charge >= 0.3 is 0 Å². The van der Waals surface area contributed by atoms with E-state index in [9.17, 15) is 0 Å². The maximum absolute atomic E-state index is 2.30. The highest BCUT2D eigenvalue weighted by atomic mass is 15.1. The molecule has 6 heteroatoms. The summed E-state index contributed by atoms with van der Waals surface area (Å²) in [4.78, 5) is 0. The van der Waals surface area contributed by atoms with Crippen LogP contribution < -0.4 is 27.4 Å². The van der Waals surface area contributed by atoms with E-state index in [1.165, 1.54) is 34.2 Å². The Morgan fingerprint density at radius 2 is 0.405 bits per heavy atom. The minimum absolute atomic E-state index is 1.07. The zero-order valence-corrected chi connectivity index (χ0v) is 23.8. The van der Waals surface area contributed by atoms with Gasteiger partial charge in [0.25, 0.3) is 34.2 Å². The smallest absolute Gasteiger partial charge is 0.187 e. The van der Waals surface area contributed by atoms with Crippen LogP contribution in [0, 0.1) is 0 Å². The van der Waals surface area contributed by atoms with Crippen molar-refractivity contribution in [2.45, 2.75) is 39.3 Å². The number of fused-ring (bicyclic) bond motifs is 9. The Labute approximate surface area is 246 Å². The fourth-order valence-corrected chi connectivity index (χ4v) is 6.07. The zero-order chi connectivity index (χ0) is 28.1. The normalized spacial score (nSPS) is 13.1. The van der Waals surface area contributed by atoms with Crippen molar-refractivity contribution >= 4 is 0 Å². The maximum atomic E-state index is 2.30. The van der Waals surface area contributed by atoms with Crippen LogP contribution in [-0.2, 0) is 39.3 Å². The minimum Gasteiger partial charge on any atom is -0.187 e. The van der Waals surface area contributed by atoms with Crippen LogP contribution in [0.1, 0.15) is 0 Å². The number of aromatic nitrogens is 6. The third kappa shape index (κ3) is 5.19. The number of hydrogen-bond acceptors (Lipinski definition) is 0. The molecule has 9 rings (SSSR count). The molecule has 0 atom stereocenters. The SMILES string of the molecule is c1cc[n+]2c(c1)-c1cccc[n+]1CC2.c1cc[n+]2c(c1)-c1cccc[n+]1CC2.c1cc[n+]2c(c1)-c1cccc[n+]1CC2. The van der Waals surface area contributed by atoms with E-state index >= 15 is 0 Å². The first-order chi connectivity index (χ1) is 20.8. The Morgan fingerprint density at radius 1 is 0.238 bits per heavy atom. The summed E-state index contributed by atoms with van der Waals surface area (Å²) >= 11 is 0. The molecule has 0 N–H and O–H groups in total. The minimum atomic E-state index is 1.07. The van der Waals surface area contributed by atoms with Crippen molar-refractivity contribution in [1.29, 1.82) is 0 Å². The highest BCUT2D eigenvalue weighted by Gasteiger charge is 2.29. The molecule has 0 amide bonds. The number of rotatable bonds is 0. The molecule has 0 spiro atoms. The van der Waals surface area contributed by atoms with Crippen LogP contribution in [0.5, 0.6) is 0 Å². The van der Waals surface area contributed by atoms with Crippen molar-refractivity contribution in [2.75, 3.05) is 0 Å². The van der Waals surface area contributed by atoms with Crippen LogP contribution in [-0.4, -0.2) is 0 Å². The number of hydrogen-bond donors (Lipinski definition) is 0. The van der Waals surface area contributed by atoms with Gasteiger partial charge in [-0.1, -0.05) is 0 Å². The molecule has 0 aromatic carbocycles.